The molecule has 2 aliphatic rings. The lowest BCUT2D eigenvalue weighted by atomic mass is 10.1. The van der Waals surface area contributed by atoms with Gasteiger partial charge in [0.05, 0.1) is 9.61 Å². The van der Waals surface area contributed by atoms with Crippen LogP contribution in [0.25, 0.3) is 11.0 Å². The molecular weight excluding hydrogens is 401 g/mol. The lowest BCUT2D eigenvalue weighted by Gasteiger charge is -2.20. The maximum Gasteiger partial charge on any atom is 0.345 e. The monoisotopic (exact) mass is 417 g/mol. The maximum absolute atomic E-state index is 12.7. The van der Waals surface area contributed by atoms with Gasteiger partial charge in [0.2, 0.25) is 0 Å². The van der Waals surface area contributed by atoms with Gasteiger partial charge in [0, 0.05) is 22.8 Å². The third-order valence-corrected chi connectivity index (χ3v) is 7.25. The van der Waals surface area contributed by atoms with Crippen LogP contribution >= 0.6 is 22.6 Å². The number of halogens is 1. The minimum absolute atomic E-state index is 0. The van der Waals surface area contributed by atoms with E-state index in [1.165, 1.54) is 0 Å². The smallest absolute Gasteiger partial charge is 0.345 e. The van der Waals surface area contributed by atoms with Gasteiger partial charge in [-0.15, -0.1) is 0 Å². The molecule has 3 atom stereocenters. The van der Waals surface area contributed by atoms with Gasteiger partial charge < -0.3 is 4.55 Å². The van der Waals surface area contributed by atoms with Gasteiger partial charge in [-0.05, 0) is 54.3 Å². The van der Waals surface area contributed by atoms with Crippen LogP contribution in [0.15, 0.2) is 16.1 Å². The van der Waals surface area contributed by atoms with Gasteiger partial charge in [-0.25, -0.2) is 0 Å². The number of aromatic nitrogens is 3. The third-order valence-electron chi connectivity index (χ3n) is 4.32. The average molecular weight is 417 g/mol. The second-order valence-corrected chi connectivity index (χ2v) is 7.98. The molecule has 3 unspecified atom stereocenters. The van der Waals surface area contributed by atoms with Crippen LogP contribution in [0, 0.1) is 10.5 Å². The third kappa shape index (κ3) is 1.97. The SMILES string of the molecule is C.Cc1c(I)c(=O)n2c3nc(ncc13)[S+]([O-])C1CCCC12. The van der Waals surface area contributed by atoms with Crippen LogP contribution in [0.4, 0.5) is 0 Å². The van der Waals surface area contributed by atoms with Crippen LogP contribution in [-0.2, 0) is 11.2 Å². The molecule has 0 amide bonds. The number of aryl methyl sites for hydroxylation is 1. The molecule has 112 valence electrons. The Kier molecular flexibility index (Phi) is 3.77. The van der Waals surface area contributed by atoms with Gasteiger partial charge in [-0.2, -0.15) is 9.97 Å². The molecule has 2 bridgehead atoms. The molecular formula is C14H16IN3O2S. The molecule has 3 heterocycles. The molecule has 2 aromatic heterocycles. The molecule has 0 radical (unpaired) electrons. The summed E-state index contributed by atoms with van der Waals surface area (Å²) in [6.45, 7) is 1.92. The normalized spacial score (nSPS) is 26.5. The van der Waals surface area contributed by atoms with Crippen LogP contribution in [0.5, 0.6) is 0 Å². The highest BCUT2D eigenvalue weighted by atomic mass is 127. The van der Waals surface area contributed by atoms with Crippen molar-refractivity contribution in [1.29, 1.82) is 0 Å². The van der Waals surface area contributed by atoms with E-state index in [2.05, 4.69) is 32.6 Å². The molecule has 1 saturated carbocycles. The number of nitrogens with zero attached hydrogens (tertiary/aromatic N) is 3. The van der Waals surface area contributed by atoms with Crippen LogP contribution < -0.4 is 5.56 Å². The Bertz CT molecular complexity index is 792. The first-order valence-corrected chi connectivity index (χ1v) is 8.86. The first-order valence-electron chi connectivity index (χ1n) is 6.57. The number of hydrogen-bond acceptors (Lipinski definition) is 4. The fourth-order valence-corrected chi connectivity index (χ4v) is 5.36. The van der Waals surface area contributed by atoms with Crippen molar-refractivity contribution < 1.29 is 4.55 Å². The summed E-state index contributed by atoms with van der Waals surface area (Å²) in [6, 6.07) is -0.00542. The van der Waals surface area contributed by atoms with Gasteiger partial charge in [-0.1, -0.05) is 7.43 Å². The lowest BCUT2D eigenvalue weighted by Crippen LogP contribution is -2.33. The first-order chi connectivity index (χ1) is 9.59. The van der Waals surface area contributed by atoms with E-state index in [0.717, 1.165) is 30.2 Å². The molecule has 4 rings (SSSR count). The fraction of sp³-hybridized carbons (Fsp3) is 0.500. The zero-order valence-electron chi connectivity index (χ0n) is 10.8. The van der Waals surface area contributed by atoms with E-state index in [1.54, 1.807) is 10.8 Å². The molecule has 5 nitrogen and oxygen atoms in total. The second-order valence-electron chi connectivity index (χ2n) is 5.34. The Morgan fingerprint density at radius 3 is 3.00 bits per heavy atom. The summed E-state index contributed by atoms with van der Waals surface area (Å²) in [5, 5.41) is 1.23. The fourth-order valence-electron chi connectivity index (χ4n) is 3.28. The van der Waals surface area contributed by atoms with Gasteiger partial charge in [0.1, 0.15) is 5.25 Å². The minimum Gasteiger partial charge on any atom is -0.609 e. The summed E-state index contributed by atoms with van der Waals surface area (Å²) < 4.78 is 15.1. The summed E-state index contributed by atoms with van der Waals surface area (Å²) in [6.07, 6.45) is 4.48. The van der Waals surface area contributed by atoms with E-state index in [-0.39, 0.29) is 24.3 Å². The van der Waals surface area contributed by atoms with Gasteiger partial charge in [0.25, 0.3) is 5.56 Å². The Morgan fingerprint density at radius 2 is 2.24 bits per heavy atom. The van der Waals surface area contributed by atoms with E-state index in [9.17, 15) is 9.35 Å². The van der Waals surface area contributed by atoms with E-state index in [4.69, 9.17) is 0 Å². The minimum atomic E-state index is -1.21. The molecule has 1 aliphatic heterocycles. The summed E-state index contributed by atoms with van der Waals surface area (Å²) in [5.41, 5.74) is 1.56. The van der Waals surface area contributed by atoms with Crippen LogP contribution in [0.1, 0.15) is 38.3 Å². The largest absolute Gasteiger partial charge is 0.609 e. The second kappa shape index (κ2) is 5.20. The van der Waals surface area contributed by atoms with Crippen LogP contribution in [0.2, 0.25) is 0 Å². The van der Waals surface area contributed by atoms with Gasteiger partial charge >= 0.3 is 5.16 Å². The van der Waals surface area contributed by atoms with Crippen LogP contribution in [0.3, 0.4) is 0 Å². The predicted molar refractivity (Wildman–Crippen MR) is 91.1 cm³/mol. The molecule has 21 heavy (non-hydrogen) atoms. The Labute approximate surface area is 139 Å². The Balaban J connectivity index is 0.00000132. The van der Waals surface area contributed by atoms with E-state index >= 15 is 0 Å². The van der Waals surface area contributed by atoms with Crippen molar-refractivity contribution in [3.05, 3.63) is 25.7 Å². The quantitative estimate of drug-likeness (QED) is 0.375. The van der Waals surface area contributed by atoms with E-state index < -0.39 is 11.2 Å². The van der Waals surface area contributed by atoms with Crippen molar-refractivity contribution in [2.24, 2.45) is 0 Å². The zero-order chi connectivity index (χ0) is 14.0. The molecule has 1 aliphatic carbocycles. The standard InChI is InChI=1S/C13H12IN3O2S.CH4/c1-6-7-5-15-13-16-11(7)17(12(18)10(6)14)8-3-2-4-9(8)20(13)19;/h5,8-9H,2-4H2,1H3;1H4. The summed E-state index contributed by atoms with van der Waals surface area (Å²) in [4.78, 5) is 21.4. The van der Waals surface area contributed by atoms with Crippen LogP contribution in [-0.4, -0.2) is 24.3 Å². The number of pyridine rings is 1. The van der Waals surface area contributed by atoms with Gasteiger partial charge in [-0.3, -0.25) is 9.36 Å². The van der Waals surface area contributed by atoms with Crippen molar-refractivity contribution in [2.45, 2.75) is 50.1 Å². The highest BCUT2D eigenvalue weighted by Crippen LogP contribution is 2.40. The molecule has 0 aromatic carbocycles. The summed E-state index contributed by atoms with van der Waals surface area (Å²) in [7, 11) is 0. The zero-order valence-corrected chi connectivity index (χ0v) is 13.8. The topological polar surface area (TPSA) is 70.8 Å². The summed E-state index contributed by atoms with van der Waals surface area (Å²) in [5.74, 6) is 0. The lowest BCUT2D eigenvalue weighted by molar-refractivity contribution is 0.500. The first kappa shape index (κ1) is 15.2. The van der Waals surface area contributed by atoms with Crippen molar-refractivity contribution in [2.75, 3.05) is 0 Å². The number of rotatable bonds is 0. The Morgan fingerprint density at radius 1 is 1.48 bits per heavy atom. The van der Waals surface area contributed by atoms with Gasteiger partial charge in [0.15, 0.2) is 5.65 Å². The maximum atomic E-state index is 12.7. The molecule has 2 aromatic rings. The Hall–Kier alpha value is -0.670. The molecule has 1 fully saturated rings. The van der Waals surface area contributed by atoms with E-state index in [0.29, 0.717) is 14.4 Å². The molecule has 0 spiro atoms. The van der Waals surface area contributed by atoms with Crippen molar-refractivity contribution >= 4 is 44.8 Å². The predicted octanol–water partition coefficient (Wildman–Crippen LogP) is 2.56. The molecule has 0 saturated heterocycles. The van der Waals surface area contributed by atoms with Crippen molar-refractivity contribution in [3.63, 3.8) is 0 Å². The summed E-state index contributed by atoms with van der Waals surface area (Å²) >= 11 is 0.880. The highest BCUT2D eigenvalue weighted by Gasteiger charge is 2.43. The highest BCUT2D eigenvalue weighted by molar-refractivity contribution is 14.1. The van der Waals surface area contributed by atoms with E-state index in [1.807, 2.05) is 6.92 Å². The average Bonchev–Trinajstić information content (AvgIpc) is 2.90. The molecule has 0 N–H and O–H groups in total. The van der Waals surface area contributed by atoms with Crippen molar-refractivity contribution in [1.82, 2.24) is 14.5 Å². The number of hydrogen-bond donors (Lipinski definition) is 0. The van der Waals surface area contributed by atoms with Crippen molar-refractivity contribution in [3.8, 4) is 0 Å². The number of fused-ring (bicyclic) bond motifs is 3. The molecule has 7 heteroatoms.